The summed E-state index contributed by atoms with van der Waals surface area (Å²) in [6.07, 6.45) is 2.34. The quantitative estimate of drug-likeness (QED) is 0.445. The Hall–Kier alpha value is -1.46. The fourth-order valence-electron chi connectivity index (χ4n) is 1.51. The molecule has 1 aromatic heterocycles. The number of Topliss-reactive ketones (excluding diaryl/α,β-unsaturated/α-hetero) is 1. The molecule has 0 amide bonds. The first-order chi connectivity index (χ1) is 8.69. The lowest BCUT2D eigenvalue weighted by molar-refractivity contribution is -0.140. The van der Waals surface area contributed by atoms with E-state index < -0.39 is 0 Å². The second-order valence-electron chi connectivity index (χ2n) is 3.71. The first-order valence-corrected chi connectivity index (χ1v) is 6.55. The monoisotopic (exact) mass is 267 g/mol. The number of ketones is 1. The van der Waals surface area contributed by atoms with Crippen molar-refractivity contribution in [3.05, 3.63) is 35.0 Å². The number of methoxy groups -OCH3 is 1. The van der Waals surface area contributed by atoms with Gasteiger partial charge in [-0.3, -0.25) is 9.59 Å². The van der Waals surface area contributed by atoms with Crippen LogP contribution in [-0.4, -0.2) is 31.4 Å². The van der Waals surface area contributed by atoms with E-state index in [4.69, 9.17) is 0 Å². The number of carbonyl (C=O) groups excluding carboxylic acids is 2. The summed E-state index contributed by atoms with van der Waals surface area (Å²) in [6.45, 7) is 4.13. The number of hydrogen-bond donors (Lipinski definition) is 1. The van der Waals surface area contributed by atoms with Crippen LogP contribution in [0, 0.1) is 0 Å². The largest absolute Gasteiger partial charge is 0.469 e. The fraction of sp³-hybridized carbons (Fsp3) is 0.385. The molecule has 1 atom stereocenters. The molecule has 0 saturated carbocycles. The number of hydrogen-bond acceptors (Lipinski definition) is 5. The van der Waals surface area contributed by atoms with Gasteiger partial charge in [0, 0.05) is 13.0 Å². The van der Waals surface area contributed by atoms with Crippen molar-refractivity contribution < 1.29 is 14.3 Å². The van der Waals surface area contributed by atoms with Crippen LogP contribution in [0.4, 0.5) is 0 Å². The maximum Gasteiger partial charge on any atom is 0.305 e. The molecule has 1 unspecified atom stereocenters. The molecule has 18 heavy (non-hydrogen) atoms. The molecule has 0 fully saturated rings. The van der Waals surface area contributed by atoms with Crippen LogP contribution in [0.1, 0.15) is 22.5 Å². The van der Waals surface area contributed by atoms with Crippen LogP contribution in [0.3, 0.4) is 0 Å². The van der Waals surface area contributed by atoms with E-state index in [0.717, 1.165) is 0 Å². The highest BCUT2D eigenvalue weighted by molar-refractivity contribution is 7.12. The van der Waals surface area contributed by atoms with Crippen LogP contribution in [0.25, 0.3) is 0 Å². The Bertz CT molecular complexity index is 400. The van der Waals surface area contributed by atoms with Gasteiger partial charge in [-0.1, -0.05) is 12.1 Å². The highest BCUT2D eigenvalue weighted by Gasteiger charge is 2.21. The molecule has 0 aliphatic carbocycles. The average Bonchev–Trinajstić information content (AvgIpc) is 2.91. The maximum absolute atomic E-state index is 12.2. The number of nitrogens with one attached hydrogen (secondary N) is 1. The summed E-state index contributed by atoms with van der Waals surface area (Å²) in [6, 6.07) is 3.25. The van der Waals surface area contributed by atoms with Gasteiger partial charge in [-0.05, 0) is 17.9 Å². The van der Waals surface area contributed by atoms with E-state index in [-0.39, 0.29) is 24.2 Å². The van der Waals surface area contributed by atoms with Gasteiger partial charge < -0.3 is 10.1 Å². The molecule has 1 rings (SSSR count). The minimum absolute atomic E-state index is 0.00996. The maximum atomic E-state index is 12.2. The molecule has 5 heteroatoms. The van der Waals surface area contributed by atoms with E-state index in [2.05, 4.69) is 16.6 Å². The summed E-state index contributed by atoms with van der Waals surface area (Å²) in [7, 11) is 1.34. The molecular weight excluding hydrogens is 250 g/mol. The second kappa shape index (κ2) is 7.79. The number of thiophene rings is 1. The predicted molar refractivity (Wildman–Crippen MR) is 71.9 cm³/mol. The van der Waals surface area contributed by atoms with Crippen LogP contribution in [-0.2, 0) is 9.53 Å². The van der Waals surface area contributed by atoms with E-state index >= 15 is 0 Å². The van der Waals surface area contributed by atoms with Crippen molar-refractivity contribution in [1.82, 2.24) is 5.32 Å². The van der Waals surface area contributed by atoms with Crippen molar-refractivity contribution >= 4 is 23.1 Å². The van der Waals surface area contributed by atoms with E-state index in [1.165, 1.54) is 18.4 Å². The molecule has 0 radical (unpaired) electrons. The van der Waals surface area contributed by atoms with Gasteiger partial charge in [-0.15, -0.1) is 17.9 Å². The van der Waals surface area contributed by atoms with Crippen molar-refractivity contribution in [2.45, 2.75) is 18.9 Å². The van der Waals surface area contributed by atoms with Gasteiger partial charge in [0.15, 0.2) is 5.78 Å². The zero-order chi connectivity index (χ0) is 13.4. The molecule has 0 aliphatic heterocycles. The number of ether oxygens (including phenoxy) is 1. The van der Waals surface area contributed by atoms with Crippen LogP contribution in [0.5, 0.6) is 0 Å². The highest BCUT2D eigenvalue weighted by Crippen LogP contribution is 2.14. The first-order valence-electron chi connectivity index (χ1n) is 5.67. The zero-order valence-electron chi connectivity index (χ0n) is 10.3. The summed E-state index contributed by atoms with van der Waals surface area (Å²) in [5, 5.41) is 4.93. The SMILES string of the molecule is C=CCNC(CCC(=O)OC)C(=O)c1cccs1. The van der Waals surface area contributed by atoms with Crippen molar-refractivity contribution in [1.29, 1.82) is 0 Å². The molecule has 0 saturated heterocycles. The Morgan fingerprint density at radius 3 is 2.94 bits per heavy atom. The zero-order valence-corrected chi connectivity index (χ0v) is 11.2. The molecule has 1 heterocycles. The third-order valence-corrected chi connectivity index (χ3v) is 3.34. The summed E-state index contributed by atoms with van der Waals surface area (Å²) in [5.74, 6) is -0.296. The molecule has 1 N–H and O–H groups in total. The van der Waals surface area contributed by atoms with Crippen LogP contribution < -0.4 is 5.32 Å². The van der Waals surface area contributed by atoms with Crippen LogP contribution in [0.15, 0.2) is 30.2 Å². The van der Waals surface area contributed by atoms with E-state index in [0.29, 0.717) is 17.8 Å². The normalized spacial score (nSPS) is 11.8. The highest BCUT2D eigenvalue weighted by atomic mass is 32.1. The standard InChI is InChI=1S/C13H17NO3S/c1-3-8-14-10(6-7-12(15)17-2)13(16)11-5-4-9-18-11/h3-5,9-10,14H,1,6-8H2,2H3. The Labute approximate surface area is 111 Å². The third-order valence-electron chi connectivity index (χ3n) is 2.45. The summed E-state index contributed by atoms with van der Waals surface area (Å²) >= 11 is 1.40. The molecular formula is C13H17NO3S. The van der Waals surface area contributed by atoms with Gasteiger partial charge in [-0.2, -0.15) is 0 Å². The van der Waals surface area contributed by atoms with Gasteiger partial charge in [0.2, 0.25) is 0 Å². The van der Waals surface area contributed by atoms with E-state index in [9.17, 15) is 9.59 Å². The minimum atomic E-state index is -0.374. The lowest BCUT2D eigenvalue weighted by atomic mass is 10.1. The minimum Gasteiger partial charge on any atom is -0.469 e. The lowest BCUT2D eigenvalue weighted by Crippen LogP contribution is -2.37. The first kappa shape index (κ1) is 14.6. The Balaban J connectivity index is 2.62. The molecule has 4 nitrogen and oxygen atoms in total. The number of esters is 1. The van der Waals surface area contributed by atoms with Gasteiger partial charge in [0.25, 0.3) is 0 Å². The van der Waals surface area contributed by atoms with Crippen molar-refractivity contribution in [3.8, 4) is 0 Å². The number of rotatable bonds is 8. The number of carbonyl (C=O) groups is 2. The summed E-state index contributed by atoms with van der Waals surface area (Å²) in [4.78, 5) is 24.0. The molecule has 0 aromatic carbocycles. The summed E-state index contributed by atoms with van der Waals surface area (Å²) in [5.41, 5.74) is 0. The molecule has 0 aliphatic rings. The third kappa shape index (κ3) is 4.43. The molecule has 1 aromatic rings. The van der Waals surface area contributed by atoms with Gasteiger partial charge in [0.1, 0.15) is 0 Å². The fourth-order valence-corrected chi connectivity index (χ4v) is 2.23. The molecule has 98 valence electrons. The second-order valence-corrected chi connectivity index (χ2v) is 4.65. The smallest absolute Gasteiger partial charge is 0.305 e. The Morgan fingerprint density at radius 1 is 1.61 bits per heavy atom. The van der Waals surface area contributed by atoms with Crippen molar-refractivity contribution in [2.24, 2.45) is 0 Å². The molecule has 0 spiro atoms. The average molecular weight is 267 g/mol. The molecule has 0 bridgehead atoms. The topological polar surface area (TPSA) is 55.4 Å². The summed E-state index contributed by atoms with van der Waals surface area (Å²) < 4.78 is 4.58. The van der Waals surface area contributed by atoms with E-state index in [1.807, 2.05) is 11.4 Å². The van der Waals surface area contributed by atoms with Crippen LogP contribution in [0.2, 0.25) is 0 Å². The van der Waals surface area contributed by atoms with Crippen LogP contribution >= 0.6 is 11.3 Å². The van der Waals surface area contributed by atoms with Gasteiger partial charge >= 0.3 is 5.97 Å². The van der Waals surface area contributed by atoms with Gasteiger partial charge in [0.05, 0.1) is 18.0 Å². The van der Waals surface area contributed by atoms with Crippen molar-refractivity contribution in [2.75, 3.05) is 13.7 Å². The lowest BCUT2D eigenvalue weighted by Gasteiger charge is -2.15. The van der Waals surface area contributed by atoms with E-state index in [1.54, 1.807) is 12.1 Å². The Morgan fingerprint density at radius 2 is 2.39 bits per heavy atom. The Kier molecular flexibility index (Phi) is 6.32. The van der Waals surface area contributed by atoms with Gasteiger partial charge in [-0.25, -0.2) is 0 Å². The van der Waals surface area contributed by atoms with Crippen molar-refractivity contribution in [3.63, 3.8) is 0 Å². The predicted octanol–water partition coefficient (Wildman–Crippen LogP) is 2.03.